The smallest absolute Gasteiger partial charge is 0.335 e. The standard InChI is InChI=1S/C22H26O5/c1-22(2)13-26-21(27-14-22)17-8-5-7-16(12-17)19(23)11-10-15-6-3-4-9-18(15)20(24)25/h3-9,12,19,21,23H,10-11,13-14H2,1-2H3,(H,24,25). The van der Waals surface area contributed by atoms with Gasteiger partial charge in [0, 0.05) is 11.0 Å². The number of ether oxygens (including phenoxy) is 2. The molecule has 2 aromatic rings. The molecule has 1 heterocycles. The molecule has 1 aliphatic rings. The Morgan fingerprint density at radius 2 is 1.85 bits per heavy atom. The molecule has 1 saturated heterocycles. The highest BCUT2D eigenvalue weighted by atomic mass is 16.7. The molecule has 3 rings (SSSR count). The summed E-state index contributed by atoms with van der Waals surface area (Å²) in [4.78, 5) is 11.3. The minimum atomic E-state index is -0.948. The molecule has 2 aromatic carbocycles. The Labute approximate surface area is 159 Å². The van der Waals surface area contributed by atoms with Crippen LogP contribution < -0.4 is 0 Å². The van der Waals surface area contributed by atoms with Crippen molar-refractivity contribution in [3.05, 3.63) is 70.8 Å². The molecular weight excluding hydrogens is 344 g/mol. The number of aliphatic hydroxyl groups excluding tert-OH is 1. The van der Waals surface area contributed by atoms with Crippen LogP contribution in [-0.4, -0.2) is 29.4 Å². The van der Waals surface area contributed by atoms with Gasteiger partial charge in [0.15, 0.2) is 6.29 Å². The summed E-state index contributed by atoms with van der Waals surface area (Å²) in [5.41, 5.74) is 2.67. The highest BCUT2D eigenvalue weighted by Crippen LogP contribution is 2.32. The van der Waals surface area contributed by atoms with Gasteiger partial charge in [0.2, 0.25) is 0 Å². The number of hydrogen-bond acceptors (Lipinski definition) is 4. The van der Waals surface area contributed by atoms with Gasteiger partial charge in [0.05, 0.1) is 24.9 Å². The maximum atomic E-state index is 11.3. The number of aromatic carboxylic acids is 1. The fourth-order valence-electron chi connectivity index (χ4n) is 3.20. The Morgan fingerprint density at radius 1 is 1.15 bits per heavy atom. The van der Waals surface area contributed by atoms with E-state index in [9.17, 15) is 15.0 Å². The fraction of sp³-hybridized carbons (Fsp3) is 0.409. The zero-order valence-corrected chi connectivity index (χ0v) is 15.7. The normalized spacial score (nSPS) is 18.2. The first-order valence-corrected chi connectivity index (χ1v) is 9.18. The lowest BCUT2D eigenvalue weighted by Crippen LogP contribution is -2.33. The van der Waals surface area contributed by atoms with E-state index in [0.29, 0.717) is 26.1 Å². The maximum Gasteiger partial charge on any atom is 0.335 e. The second-order valence-corrected chi connectivity index (χ2v) is 7.81. The summed E-state index contributed by atoms with van der Waals surface area (Å²) >= 11 is 0. The van der Waals surface area contributed by atoms with Gasteiger partial charge in [-0.25, -0.2) is 4.79 Å². The number of hydrogen-bond donors (Lipinski definition) is 2. The number of carbonyl (C=O) groups is 1. The van der Waals surface area contributed by atoms with Crippen LogP contribution in [0, 0.1) is 5.41 Å². The van der Waals surface area contributed by atoms with Crippen LogP contribution in [0.3, 0.4) is 0 Å². The van der Waals surface area contributed by atoms with E-state index in [2.05, 4.69) is 13.8 Å². The van der Waals surface area contributed by atoms with E-state index < -0.39 is 18.4 Å². The van der Waals surface area contributed by atoms with Crippen LogP contribution in [0.15, 0.2) is 48.5 Å². The van der Waals surface area contributed by atoms with Gasteiger partial charge in [0.25, 0.3) is 0 Å². The van der Waals surface area contributed by atoms with Crippen molar-refractivity contribution in [2.45, 2.75) is 39.1 Å². The Balaban J connectivity index is 1.66. The molecule has 0 bridgehead atoms. The molecule has 5 nitrogen and oxygen atoms in total. The van der Waals surface area contributed by atoms with Crippen LogP contribution in [0.2, 0.25) is 0 Å². The monoisotopic (exact) mass is 370 g/mol. The molecule has 0 amide bonds. The van der Waals surface area contributed by atoms with E-state index in [4.69, 9.17) is 9.47 Å². The number of aryl methyl sites for hydroxylation is 1. The average Bonchev–Trinajstić information content (AvgIpc) is 2.66. The Bertz CT molecular complexity index is 789. The largest absolute Gasteiger partial charge is 0.478 e. The predicted molar refractivity (Wildman–Crippen MR) is 102 cm³/mol. The van der Waals surface area contributed by atoms with Gasteiger partial charge in [-0.3, -0.25) is 0 Å². The molecule has 1 aliphatic heterocycles. The van der Waals surface area contributed by atoms with Crippen LogP contribution in [0.4, 0.5) is 0 Å². The van der Waals surface area contributed by atoms with Crippen molar-refractivity contribution in [2.75, 3.05) is 13.2 Å². The summed E-state index contributed by atoms with van der Waals surface area (Å²) in [6.45, 7) is 5.43. The van der Waals surface area contributed by atoms with Gasteiger partial charge in [-0.05, 0) is 36.1 Å². The molecule has 0 aromatic heterocycles. The maximum absolute atomic E-state index is 11.3. The third-order valence-corrected chi connectivity index (χ3v) is 4.75. The molecule has 0 aliphatic carbocycles. The minimum Gasteiger partial charge on any atom is -0.478 e. The van der Waals surface area contributed by atoms with Crippen molar-refractivity contribution in [1.82, 2.24) is 0 Å². The molecule has 5 heteroatoms. The zero-order valence-electron chi connectivity index (χ0n) is 15.7. The van der Waals surface area contributed by atoms with Crippen molar-refractivity contribution >= 4 is 5.97 Å². The van der Waals surface area contributed by atoms with Crippen molar-refractivity contribution < 1.29 is 24.5 Å². The lowest BCUT2D eigenvalue weighted by atomic mass is 9.95. The SMILES string of the molecule is CC1(C)COC(c2cccc(C(O)CCc3ccccc3C(=O)O)c2)OC1. The van der Waals surface area contributed by atoms with Crippen LogP contribution in [-0.2, 0) is 15.9 Å². The van der Waals surface area contributed by atoms with E-state index in [1.807, 2.05) is 30.3 Å². The van der Waals surface area contributed by atoms with Gasteiger partial charge in [-0.1, -0.05) is 50.2 Å². The summed E-state index contributed by atoms with van der Waals surface area (Å²) in [6, 6.07) is 14.5. The topological polar surface area (TPSA) is 76.0 Å². The third kappa shape index (κ3) is 4.95. The van der Waals surface area contributed by atoms with Gasteiger partial charge >= 0.3 is 5.97 Å². The molecule has 0 radical (unpaired) electrons. The first kappa shape index (κ1) is 19.5. The highest BCUT2D eigenvalue weighted by molar-refractivity contribution is 5.89. The van der Waals surface area contributed by atoms with Gasteiger partial charge in [-0.2, -0.15) is 0 Å². The molecular formula is C22H26O5. The van der Waals surface area contributed by atoms with Crippen molar-refractivity contribution in [2.24, 2.45) is 5.41 Å². The fourth-order valence-corrected chi connectivity index (χ4v) is 3.20. The van der Waals surface area contributed by atoms with Crippen LogP contribution in [0.25, 0.3) is 0 Å². The molecule has 1 atom stereocenters. The van der Waals surface area contributed by atoms with Crippen molar-refractivity contribution in [3.8, 4) is 0 Å². The first-order valence-electron chi connectivity index (χ1n) is 9.18. The van der Waals surface area contributed by atoms with Crippen LogP contribution in [0.1, 0.15) is 59.7 Å². The highest BCUT2D eigenvalue weighted by Gasteiger charge is 2.29. The Kier molecular flexibility index (Phi) is 5.95. The molecule has 0 spiro atoms. The van der Waals surface area contributed by atoms with Crippen LogP contribution in [0.5, 0.6) is 0 Å². The molecule has 144 valence electrons. The second-order valence-electron chi connectivity index (χ2n) is 7.81. The number of rotatable bonds is 6. The lowest BCUT2D eigenvalue weighted by Gasteiger charge is -2.34. The van der Waals surface area contributed by atoms with Gasteiger partial charge < -0.3 is 19.7 Å². The zero-order chi connectivity index (χ0) is 19.4. The molecule has 27 heavy (non-hydrogen) atoms. The summed E-state index contributed by atoms with van der Waals surface area (Å²) in [5, 5.41) is 19.9. The summed E-state index contributed by atoms with van der Waals surface area (Å²) in [5.74, 6) is -0.948. The molecule has 0 saturated carbocycles. The van der Waals surface area contributed by atoms with E-state index in [0.717, 1.165) is 16.7 Å². The molecule has 2 N–H and O–H groups in total. The van der Waals surface area contributed by atoms with E-state index >= 15 is 0 Å². The second kappa shape index (κ2) is 8.21. The molecule has 1 unspecified atom stereocenters. The Morgan fingerprint density at radius 3 is 2.56 bits per heavy atom. The Hall–Kier alpha value is -2.21. The summed E-state index contributed by atoms with van der Waals surface area (Å²) in [6.07, 6.45) is -0.184. The number of carboxylic acids is 1. The van der Waals surface area contributed by atoms with E-state index in [1.165, 1.54) is 0 Å². The van der Waals surface area contributed by atoms with Gasteiger partial charge in [-0.15, -0.1) is 0 Å². The van der Waals surface area contributed by atoms with E-state index in [-0.39, 0.29) is 11.0 Å². The van der Waals surface area contributed by atoms with Crippen molar-refractivity contribution in [3.63, 3.8) is 0 Å². The third-order valence-electron chi connectivity index (χ3n) is 4.75. The first-order chi connectivity index (χ1) is 12.9. The molecule has 1 fully saturated rings. The van der Waals surface area contributed by atoms with Crippen molar-refractivity contribution in [1.29, 1.82) is 0 Å². The van der Waals surface area contributed by atoms with E-state index in [1.54, 1.807) is 18.2 Å². The quantitative estimate of drug-likeness (QED) is 0.800. The predicted octanol–water partition coefficient (Wildman–Crippen LogP) is 4.12. The van der Waals surface area contributed by atoms with Gasteiger partial charge in [0.1, 0.15) is 0 Å². The lowest BCUT2D eigenvalue weighted by molar-refractivity contribution is -0.226. The number of benzene rings is 2. The summed E-state index contributed by atoms with van der Waals surface area (Å²) in [7, 11) is 0. The number of aliphatic hydroxyl groups is 1. The minimum absolute atomic E-state index is 0.00512. The van der Waals surface area contributed by atoms with Crippen LogP contribution >= 0.6 is 0 Å². The number of carboxylic acid groups (broad SMARTS) is 1. The summed E-state index contributed by atoms with van der Waals surface area (Å²) < 4.78 is 11.6. The average molecular weight is 370 g/mol.